The molecule has 5 heteroatoms. The summed E-state index contributed by atoms with van der Waals surface area (Å²) >= 11 is 6.28. The number of hydrogen-bond acceptors (Lipinski definition) is 3. The number of hydrogen-bond donors (Lipinski definition) is 2. The average Bonchev–Trinajstić information content (AvgIpc) is 2.39. The second-order valence-electron chi connectivity index (χ2n) is 1.97. The lowest BCUT2D eigenvalue weighted by Gasteiger charge is -1.99. The molecule has 0 radical (unpaired) electrons. The van der Waals surface area contributed by atoms with Gasteiger partial charge in [-0.1, -0.05) is 0 Å². The van der Waals surface area contributed by atoms with Crippen LogP contribution in [0, 0.1) is 0 Å². The summed E-state index contributed by atoms with van der Waals surface area (Å²) in [6.45, 7) is 0.767. The Balaban J connectivity index is 2.19. The van der Waals surface area contributed by atoms with E-state index in [4.69, 9.17) is 5.73 Å². The molecule has 0 aliphatic heterocycles. The average molecular weight is 187 g/mol. The van der Waals surface area contributed by atoms with Crippen LogP contribution >= 0.6 is 23.6 Å². The summed E-state index contributed by atoms with van der Waals surface area (Å²) < 4.78 is 0. The normalized spacial score (nSPS) is 9.45. The fraction of sp³-hybridized carbons (Fsp3) is 0.333. The van der Waals surface area contributed by atoms with E-state index in [1.807, 2.05) is 5.38 Å². The lowest BCUT2D eigenvalue weighted by atomic mass is 10.4. The summed E-state index contributed by atoms with van der Waals surface area (Å²) in [6.07, 6.45) is 2.68. The smallest absolute Gasteiger partial charge is 0.163 e. The zero-order valence-electron chi connectivity index (χ0n) is 5.91. The van der Waals surface area contributed by atoms with Gasteiger partial charge in [0.05, 0.1) is 5.01 Å². The third-order valence-electron chi connectivity index (χ3n) is 1.12. The molecule has 1 heterocycles. The van der Waals surface area contributed by atoms with Crippen molar-refractivity contribution in [1.29, 1.82) is 0 Å². The molecule has 0 aliphatic rings. The van der Waals surface area contributed by atoms with Crippen LogP contribution in [0.4, 0.5) is 0 Å². The molecular weight excluding hydrogens is 178 g/mol. The summed E-state index contributed by atoms with van der Waals surface area (Å²) in [5.74, 6) is 0. The first-order chi connectivity index (χ1) is 5.29. The molecule has 0 aliphatic carbocycles. The number of rotatable bonds is 3. The summed E-state index contributed by atoms with van der Waals surface area (Å²) in [5, 5.41) is 6.27. The molecule has 3 N–H and O–H groups in total. The first-order valence-corrected chi connectivity index (χ1v) is 4.49. The number of nitrogens with zero attached hydrogens (tertiary/aromatic N) is 1. The van der Waals surface area contributed by atoms with E-state index in [0.717, 1.165) is 18.0 Å². The lowest BCUT2D eigenvalue weighted by molar-refractivity contribution is 0.862. The monoisotopic (exact) mass is 187 g/mol. The molecule has 1 aromatic rings. The van der Waals surface area contributed by atoms with E-state index < -0.39 is 0 Å². The molecule has 1 aromatic heterocycles. The van der Waals surface area contributed by atoms with Crippen molar-refractivity contribution < 1.29 is 0 Å². The summed E-state index contributed by atoms with van der Waals surface area (Å²) in [5.41, 5.74) is 5.24. The van der Waals surface area contributed by atoms with E-state index in [2.05, 4.69) is 22.5 Å². The van der Waals surface area contributed by atoms with Gasteiger partial charge in [-0.05, 0) is 12.2 Å². The standard InChI is InChI=1S/C6H9N3S2/c7-6(10)9-2-1-5-8-3-4-11-5/h3-4H,1-2H2,(H3,7,9,10). The van der Waals surface area contributed by atoms with Crippen molar-refractivity contribution in [3.63, 3.8) is 0 Å². The van der Waals surface area contributed by atoms with Gasteiger partial charge < -0.3 is 11.1 Å². The fourth-order valence-corrected chi connectivity index (χ4v) is 1.39. The summed E-state index contributed by atoms with van der Waals surface area (Å²) in [4.78, 5) is 4.11. The van der Waals surface area contributed by atoms with Crippen LogP contribution in [0.5, 0.6) is 0 Å². The second-order valence-corrected chi connectivity index (χ2v) is 3.39. The van der Waals surface area contributed by atoms with E-state index in [-0.39, 0.29) is 0 Å². The van der Waals surface area contributed by atoms with Crippen LogP contribution < -0.4 is 11.1 Å². The van der Waals surface area contributed by atoms with Crippen molar-refractivity contribution in [2.24, 2.45) is 5.73 Å². The van der Waals surface area contributed by atoms with Crippen LogP contribution in [-0.4, -0.2) is 16.6 Å². The molecular formula is C6H9N3S2. The van der Waals surface area contributed by atoms with Gasteiger partial charge in [0.25, 0.3) is 0 Å². The Kier molecular flexibility index (Phi) is 3.25. The van der Waals surface area contributed by atoms with Crippen molar-refractivity contribution in [2.75, 3.05) is 6.54 Å². The predicted molar refractivity (Wildman–Crippen MR) is 50.6 cm³/mol. The Labute approximate surface area is 74.6 Å². The van der Waals surface area contributed by atoms with Gasteiger partial charge in [-0.15, -0.1) is 11.3 Å². The first-order valence-electron chi connectivity index (χ1n) is 3.20. The van der Waals surface area contributed by atoms with E-state index in [9.17, 15) is 0 Å². The Hall–Kier alpha value is -0.680. The van der Waals surface area contributed by atoms with Crippen LogP contribution in [0.25, 0.3) is 0 Å². The Bertz CT molecular complexity index is 220. The summed E-state index contributed by atoms with van der Waals surface area (Å²) in [7, 11) is 0. The molecule has 3 nitrogen and oxygen atoms in total. The highest BCUT2D eigenvalue weighted by Crippen LogP contribution is 2.02. The third-order valence-corrected chi connectivity index (χ3v) is 2.11. The quantitative estimate of drug-likeness (QED) is 0.677. The molecule has 0 spiro atoms. The van der Waals surface area contributed by atoms with Crippen molar-refractivity contribution in [3.05, 3.63) is 16.6 Å². The van der Waals surface area contributed by atoms with Crippen LogP contribution in [0.3, 0.4) is 0 Å². The zero-order valence-corrected chi connectivity index (χ0v) is 7.54. The number of thiocarbonyl (C=S) groups is 1. The van der Waals surface area contributed by atoms with Crippen molar-refractivity contribution in [3.8, 4) is 0 Å². The van der Waals surface area contributed by atoms with Crippen molar-refractivity contribution in [1.82, 2.24) is 10.3 Å². The molecule has 0 aromatic carbocycles. The Morgan fingerprint density at radius 2 is 2.64 bits per heavy atom. The minimum atomic E-state index is 0.349. The van der Waals surface area contributed by atoms with E-state index >= 15 is 0 Å². The SMILES string of the molecule is NC(=S)NCCc1nccs1. The second kappa shape index (κ2) is 4.25. The number of nitrogens with one attached hydrogen (secondary N) is 1. The van der Waals surface area contributed by atoms with Gasteiger partial charge in [-0.2, -0.15) is 0 Å². The molecule has 11 heavy (non-hydrogen) atoms. The maximum Gasteiger partial charge on any atom is 0.163 e. The van der Waals surface area contributed by atoms with Gasteiger partial charge in [0.15, 0.2) is 5.11 Å². The summed E-state index contributed by atoms with van der Waals surface area (Å²) in [6, 6.07) is 0. The maximum absolute atomic E-state index is 5.24. The van der Waals surface area contributed by atoms with E-state index in [1.165, 1.54) is 0 Å². The van der Waals surface area contributed by atoms with Gasteiger partial charge in [0.2, 0.25) is 0 Å². The van der Waals surface area contributed by atoms with Crippen LogP contribution in [0.1, 0.15) is 5.01 Å². The first kappa shape index (κ1) is 8.42. The van der Waals surface area contributed by atoms with Gasteiger partial charge in [-0.25, -0.2) is 4.98 Å². The molecule has 0 saturated heterocycles. The minimum Gasteiger partial charge on any atom is -0.376 e. The van der Waals surface area contributed by atoms with Gasteiger partial charge in [0.1, 0.15) is 0 Å². The van der Waals surface area contributed by atoms with Crippen LogP contribution in [-0.2, 0) is 6.42 Å². The van der Waals surface area contributed by atoms with Crippen LogP contribution in [0.15, 0.2) is 11.6 Å². The molecule has 0 unspecified atom stereocenters. The minimum absolute atomic E-state index is 0.349. The maximum atomic E-state index is 5.24. The van der Waals surface area contributed by atoms with Crippen LogP contribution in [0.2, 0.25) is 0 Å². The highest BCUT2D eigenvalue weighted by Gasteiger charge is 1.93. The molecule has 0 fully saturated rings. The highest BCUT2D eigenvalue weighted by molar-refractivity contribution is 7.80. The Morgan fingerprint density at radius 1 is 1.82 bits per heavy atom. The third kappa shape index (κ3) is 3.29. The lowest BCUT2D eigenvalue weighted by Crippen LogP contribution is -2.30. The number of aromatic nitrogens is 1. The molecule has 0 bridgehead atoms. The number of thiazole rings is 1. The van der Waals surface area contributed by atoms with Gasteiger partial charge in [0, 0.05) is 24.5 Å². The topological polar surface area (TPSA) is 50.9 Å². The van der Waals surface area contributed by atoms with Crippen molar-refractivity contribution >= 4 is 28.7 Å². The molecule has 60 valence electrons. The fourth-order valence-electron chi connectivity index (χ4n) is 0.669. The molecule has 0 saturated carbocycles. The van der Waals surface area contributed by atoms with Gasteiger partial charge >= 0.3 is 0 Å². The highest BCUT2D eigenvalue weighted by atomic mass is 32.1. The van der Waals surface area contributed by atoms with Gasteiger partial charge in [-0.3, -0.25) is 0 Å². The Morgan fingerprint density at radius 3 is 3.18 bits per heavy atom. The molecule has 0 amide bonds. The largest absolute Gasteiger partial charge is 0.376 e. The molecule has 0 atom stereocenters. The zero-order chi connectivity index (χ0) is 8.10. The van der Waals surface area contributed by atoms with E-state index in [1.54, 1.807) is 17.5 Å². The molecule has 1 rings (SSSR count). The number of nitrogens with two attached hydrogens (primary N) is 1. The van der Waals surface area contributed by atoms with E-state index in [0.29, 0.717) is 5.11 Å². The van der Waals surface area contributed by atoms with Crippen molar-refractivity contribution in [2.45, 2.75) is 6.42 Å². The predicted octanol–water partition coefficient (Wildman–Crippen LogP) is 0.519.